The molecule has 0 aromatic heterocycles. The predicted octanol–water partition coefficient (Wildman–Crippen LogP) is 2.03. The van der Waals surface area contributed by atoms with Gasteiger partial charge >= 0.3 is 0 Å². The average molecular weight is 256 g/mol. The second-order valence-corrected chi connectivity index (χ2v) is 4.85. The molecule has 19 heavy (non-hydrogen) atoms. The molecule has 3 rings (SSSR count). The van der Waals surface area contributed by atoms with Crippen molar-refractivity contribution in [2.24, 2.45) is 0 Å². The van der Waals surface area contributed by atoms with Crippen LogP contribution in [0.2, 0.25) is 0 Å². The van der Waals surface area contributed by atoms with E-state index < -0.39 is 0 Å². The number of carbonyl (C=O) groups excluding carboxylic acids is 1. The smallest absolute Gasteiger partial charge is 0.263 e. The maximum Gasteiger partial charge on any atom is 0.263 e. The molecule has 4 heteroatoms. The number of hydrogen-bond donors (Lipinski definition) is 1. The number of rotatable bonds is 2. The Kier molecular flexibility index (Phi) is 2.78. The van der Waals surface area contributed by atoms with Gasteiger partial charge in [0.15, 0.2) is 6.10 Å². The van der Waals surface area contributed by atoms with Gasteiger partial charge in [0.05, 0.1) is 0 Å². The summed E-state index contributed by atoms with van der Waals surface area (Å²) in [7, 11) is 1.80. The molecule has 2 aromatic carbocycles. The third-order valence-electron chi connectivity index (χ3n) is 3.57. The van der Waals surface area contributed by atoms with Gasteiger partial charge < -0.3 is 15.4 Å². The summed E-state index contributed by atoms with van der Waals surface area (Å²) in [5.74, 6) is 0.763. The molecule has 1 aliphatic rings. The molecule has 1 atom stereocenters. The molecule has 1 aliphatic heterocycles. The number of benzene rings is 2. The number of nitrogens with zero attached hydrogens (tertiary/aromatic N) is 1. The van der Waals surface area contributed by atoms with Crippen LogP contribution in [0.4, 0.5) is 5.69 Å². The lowest BCUT2D eigenvalue weighted by Crippen LogP contribution is -2.29. The quantitative estimate of drug-likeness (QED) is 0.836. The van der Waals surface area contributed by atoms with Gasteiger partial charge in [-0.1, -0.05) is 24.3 Å². The van der Waals surface area contributed by atoms with Gasteiger partial charge in [0.2, 0.25) is 0 Å². The SMILES string of the molecule is CN1CCC(Oc2ccc(N)c3ccccc23)C1=O. The first-order chi connectivity index (χ1) is 9.16. The van der Waals surface area contributed by atoms with E-state index in [9.17, 15) is 4.79 Å². The number of nitrogen functional groups attached to an aromatic ring is 1. The Bertz CT molecular complexity index is 639. The second-order valence-electron chi connectivity index (χ2n) is 4.85. The van der Waals surface area contributed by atoms with Crippen molar-refractivity contribution in [2.45, 2.75) is 12.5 Å². The highest BCUT2D eigenvalue weighted by Gasteiger charge is 2.31. The van der Waals surface area contributed by atoms with Gasteiger partial charge in [0.1, 0.15) is 5.75 Å². The average Bonchev–Trinajstić information content (AvgIpc) is 2.74. The van der Waals surface area contributed by atoms with Crippen LogP contribution < -0.4 is 10.5 Å². The van der Waals surface area contributed by atoms with Crippen molar-refractivity contribution in [3.05, 3.63) is 36.4 Å². The normalized spacial score (nSPS) is 19.1. The van der Waals surface area contributed by atoms with Gasteiger partial charge in [0, 0.05) is 36.5 Å². The predicted molar refractivity (Wildman–Crippen MR) is 75.0 cm³/mol. The first-order valence-corrected chi connectivity index (χ1v) is 6.35. The van der Waals surface area contributed by atoms with Crippen LogP contribution in [-0.4, -0.2) is 30.5 Å². The lowest BCUT2D eigenvalue weighted by molar-refractivity contribution is -0.132. The number of hydrogen-bond acceptors (Lipinski definition) is 3. The van der Waals surface area contributed by atoms with E-state index in [0.717, 1.165) is 35.2 Å². The van der Waals surface area contributed by atoms with Crippen LogP contribution in [0.25, 0.3) is 10.8 Å². The summed E-state index contributed by atoms with van der Waals surface area (Å²) in [6.07, 6.45) is 0.352. The lowest BCUT2D eigenvalue weighted by atomic mass is 10.1. The Hall–Kier alpha value is -2.23. The van der Waals surface area contributed by atoms with Crippen LogP contribution in [0, 0.1) is 0 Å². The van der Waals surface area contributed by atoms with Crippen molar-refractivity contribution in [2.75, 3.05) is 19.3 Å². The van der Waals surface area contributed by atoms with E-state index in [0.29, 0.717) is 0 Å². The van der Waals surface area contributed by atoms with Gasteiger partial charge in [-0.3, -0.25) is 4.79 Å². The zero-order chi connectivity index (χ0) is 13.4. The minimum Gasteiger partial charge on any atom is -0.480 e. The van der Waals surface area contributed by atoms with Gasteiger partial charge in [-0.25, -0.2) is 0 Å². The monoisotopic (exact) mass is 256 g/mol. The Balaban J connectivity index is 1.98. The van der Waals surface area contributed by atoms with E-state index in [2.05, 4.69) is 0 Å². The fraction of sp³-hybridized carbons (Fsp3) is 0.267. The molecule has 0 bridgehead atoms. The number of fused-ring (bicyclic) bond motifs is 1. The van der Waals surface area contributed by atoms with Gasteiger partial charge in [-0.05, 0) is 12.1 Å². The summed E-state index contributed by atoms with van der Waals surface area (Å²) in [6.45, 7) is 0.746. The Morgan fingerprint density at radius 1 is 1.21 bits per heavy atom. The van der Waals surface area contributed by atoms with Gasteiger partial charge in [-0.15, -0.1) is 0 Å². The standard InChI is InChI=1S/C15H16N2O2/c1-17-9-8-14(15(17)18)19-13-7-6-12(16)10-4-2-3-5-11(10)13/h2-7,14H,8-9,16H2,1H3. The van der Waals surface area contributed by atoms with E-state index in [1.165, 1.54) is 0 Å². The summed E-state index contributed by atoms with van der Waals surface area (Å²) in [4.78, 5) is 13.6. The summed E-state index contributed by atoms with van der Waals surface area (Å²) < 4.78 is 5.88. The van der Waals surface area contributed by atoms with Crippen molar-refractivity contribution < 1.29 is 9.53 Å². The highest BCUT2D eigenvalue weighted by atomic mass is 16.5. The number of nitrogens with two attached hydrogens (primary N) is 1. The first kappa shape index (κ1) is 11.8. The second kappa shape index (κ2) is 4.46. The van der Waals surface area contributed by atoms with Crippen molar-refractivity contribution in [1.29, 1.82) is 0 Å². The highest BCUT2D eigenvalue weighted by Crippen LogP contribution is 2.31. The minimum atomic E-state index is -0.378. The topological polar surface area (TPSA) is 55.6 Å². The molecular weight excluding hydrogens is 240 g/mol. The number of ether oxygens (including phenoxy) is 1. The van der Waals surface area contributed by atoms with Crippen LogP contribution in [0.3, 0.4) is 0 Å². The van der Waals surface area contributed by atoms with Gasteiger partial charge in [-0.2, -0.15) is 0 Å². The molecular formula is C15H16N2O2. The van der Waals surface area contributed by atoms with Crippen molar-refractivity contribution in [3.63, 3.8) is 0 Å². The molecule has 1 fully saturated rings. The lowest BCUT2D eigenvalue weighted by Gasteiger charge is -2.15. The Morgan fingerprint density at radius 2 is 1.95 bits per heavy atom. The van der Waals surface area contributed by atoms with E-state index in [4.69, 9.17) is 10.5 Å². The summed E-state index contributed by atoms with van der Waals surface area (Å²) in [5.41, 5.74) is 6.67. The first-order valence-electron chi connectivity index (χ1n) is 6.35. The number of carbonyl (C=O) groups is 1. The fourth-order valence-corrected chi connectivity index (χ4v) is 2.45. The molecule has 0 radical (unpaired) electrons. The highest BCUT2D eigenvalue weighted by molar-refractivity contribution is 5.97. The van der Waals surface area contributed by atoms with Crippen LogP contribution in [0.5, 0.6) is 5.75 Å². The van der Waals surface area contributed by atoms with Crippen LogP contribution in [-0.2, 0) is 4.79 Å². The zero-order valence-electron chi connectivity index (χ0n) is 10.8. The van der Waals surface area contributed by atoms with Crippen molar-refractivity contribution in [1.82, 2.24) is 4.90 Å². The van der Waals surface area contributed by atoms with E-state index in [1.54, 1.807) is 11.9 Å². The Morgan fingerprint density at radius 3 is 2.63 bits per heavy atom. The summed E-state index contributed by atoms with van der Waals surface area (Å²) in [6, 6.07) is 11.5. The molecule has 0 saturated carbocycles. The number of likely N-dealkylation sites (N-methyl/N-ethyl adjacent to an activating group) is 1. The van der Waals surface area contributed by atoms with Crippen LogP contribution in [0.1, 0.15) is 6.42 Å². The van der Waals surface area contributed by atoms with Gasteiger partial charge in [0.25, 0.3) is 5.91 Å². The molecule has 4 nitrogen and oxygen atoms in total. The molecule has 1 unspecified atom stereocenters. The van der Waals surface area contributed by atoms with E-state index in [-0.39, 0.29) is 12.0 Å². The molecule has 0 aliphatic carbocycles. The molecule has 98 valence electrons. The van der Waals surface area contributed by atoms with Crippen LogP contribution >= 0.6 is 0 Å². The summed E-state index contributed by atoms with van der Waals surface area (Å²) >= 11 is 0. The molecule has 1 saturated heterocycles. The summed E-state index contributed by atoms with van der Waals surface area (Å²) in [5, 5.41) is 1.91. The number of likely N-dealkylation sites (tertiary alicyclic amines) is 1. The van der Waals surface area contributed by atoms with Crippen molar-refractivity contribution >= 4 is 22.4 Å². The third-order valence-corrected chi connectivity index (χ3v) is 3.57. The molecule has 0 spiro atoms. The Labute approximate surface area is 111 Å². The molecule has 1 heterocycles. The fourth-order valence-electron chi connectivity index (χ4n) is 2.45. The third kappa shape index (κ3) is 1.99. The van der Waals surface area contributed by atoms with Crippen molar-refractivity contribution in [3.8, 4) is 5.75 Å². The van der Waals surface area contributed by atoms with E-state index in [1.807, 2.05) is 36.4 Å². The maximum absolute atomic E-state index is 11.9. The molecule has 2 aromatic rings. The molecule has 1 amide bonds. The number of anilines is 1. The number of amides is 1. The molecule has 2 N–H and O–H groups in total. The minimum absolute atomic E-state index is 0.0425. The maximum atomic E-state index is 11.9. The van der Waals surface area contributed by atoms with Crippen LogP contribution in [0.15, 0.2) is 36.4 Å². The van der Waals surface area contributed by atoms with E-state index >= 15 is 0 Å². The largest absolute Gasteiger partial charge is 0.480 e. The zero-order valence-corrected chi connectivity index (χ0v) is 10.8.